The summed E-state index contributed by atoms with van der Waals surface area (Å²) in [7, 11) is 7.27. The number of nitrogens with one attached hydrogen (secondary N) is 1. The van der Waals surface area contributed by atoms with E-state index in [4.69, 9.17) is 23.7 Å². The molecule has 0 saturated heterocycles. The van der Waals surface area contributed by atoms with Crippen LogP contribution in [0.25, 0.3) is 21.9 Å². The molecule has 192 valence electrons. The molecule has 0 aliphatic heterocycles. The van der Waals surface area contributed by atoms with Crippen molar-refractivity contribution in [3.63, 3.8) is 0 Å². The molecule has 0 saturated carbocycles. The van der Waals surface area contributed by atoms with E-state index in [-0.39, 0.29) is 12.3 Å². The Labute approximate surface area is 212 Å². The van der Waals surface area contributed by atoms with Crippen molar-refractivity contribution < 1.29 is 28.5 Å². The van der Waals surface area contributed by atoms with Gasteiger partial charge in [0.25, 0.3) is 5.56 Å². The molecule has 0 spiro atoms. The minimum Gasteiger partial charge on any atom is -0.493 e. The molecule has 0 amide bonds. The zero-order chi connectivity index (χ0) is 26.5. The Kier molecular flexibility index (Phi) is 7.42. The number of carbonyl (C=O) groups excluding carboxylic acids is 1. The highest BCUT2D eigenvalue weighted by Gasteiger charge is 2.26. The first-order valence-electron chi connectivity index (χ1n) is 11.1. The van der Waals surface area contributed by atoms with Gasteiger partial charge in [-0.1, -0.05) is 0 Å². The third-order valence-corrected chi connectivity index (χ3v) is 5.71. The minimum atomic E-state index is -0.708. The van der Waals surface area contributed by atoms with Crippen LogP contribution in [0.1, 0.15) is 16.2 Å². The van der Waals surface area contributed by atoms with Gasteiger partial charge >= 0.3 is 5.97 Å². The summed E-state index contributed by atoms with van der Waals surface area (Å²) < 4.78 is 28.5. The van der Waals surface area contributed by atoms with Gasteiger partial charge in [0.15, 0.2) is 17.2 Å². The number of nitrogens with zero attached hydrogens (tertiary/aromatic N) is 3. The monoisotopic (exact) mass is 506 g/mol. The van der Waals surface area contributed by atoms with Crippen molar-refractivity contribution in [1.82, 2.24) is 14.6 Å². The Balaban J connectivity index is 1.99. The number of esters is 1. The second kappa shape index (κ2) is 10.9. The smallest absolute Gasteiger partial charge is 0.357 e. The normalized spacial score (nSPS) is 10.6. The van der Waals surface area contributed by atoms with Crippen LogP contribution in [-0.2, 0) is 11.3 Å². The number of aromatic nitrogens is 3. The van der Waals surface area contributed by atoms with Crippen LogP contribution >= 0.6 is 0 Å². The maximum atomic E-state index is 13.5. The lowest BCUT2D eigenvalue weighted by atomic mass is 9.96. The fourth-order valence-corrected chi connectivity index (χ4v) is 4.05. The average Bonchev–Trinajstić information content (AvgIpc) is 2.95. The summed E-state index contributed by atoms with van der Waals surface area (Å²) in [5, 5.41) is 0.806. The SMILES string of the molecule is CNn1c(C(=O)OC)c(-c2cc(OC)c(OC)c(OC)c2)c2ccc(OCc3cnccn3)cc2c1=O. The number of carbonyl (C=O) groups is 1. The Morgan fingerprint density at radius 3 is 2.27 bits per heavy atom. The number of pyridine rings is 1. The van der Waals surface area contributed by atoms with Gasteiger partial charge < -0.3 is 29.1 Å². The van der Waals surface area contributed by atoms with E-state index in [1.807, 2.05) is 0 Å². The summed E-state index contributed by atoms with van der Waals surface area (Å²) in [6, 6.07) is 8.44. The van der Waals surface area contributed by atoms with E-state index in [2.05, 4.69) is 15.4 Å². The molecule has 37 heavy (non-hydrogen) atoms. The second-order valence-electron chi connectivity index (χ2n) is 7.69. The fourth-order valence-electron chi connectivity index (χ4n) is 4.05. The molecule has 0 bridgehead atoms. The largest absolute Gasteiger partial charge is 0.493 e. The van der Waals surface area contributed by atoms with Crippen molar-refractivity contribution >= 4 is 16.7 Å². The van der Waals surface area contributed by atoms with Crippen LogP contribution in [0.5, 0.6) is 23.0 Å². The molecule has 11 nitrogen and oxygen atoms in total. The fraction of sp³-hybridized carbons (Fsp3) is 0.231. The van der Waals surface area contributed by atoms with Crippen LogP contribution in [0.15, 0.2) is 53.7 Å². The maximum Gasteiger partial charge on any atom is 0.357 e. The van der Waals surface area contributed by atoms with Gasteiger partial charge in [0, 0.05) is 25.0 Å². The van der Waals surface area contributed by atoms with Crippen LogP contribution in [0, 0.1) is 0 Å². The lowest BCUT2D eigenvalue weighted by Crippen LogP contribution is -2.33. The molecule has 2 heterocycles. The number of hydrogen-bond acceptors (Lipinski definition) is 10. The molecule has 2 aromatic heterocycles. The third kappa shape index (κ3) is 4.70. The average molecular weight is 507 g/mol. The van der Waals surface area contributed by atoms with Crippen molar-refractivity contribution in [2.45, 2.75) is 6.61 Å². The molecule has 0 aliphatic rings. The molecule has 0 fully saturated rings. The Hall–Kier alpha value is -4.80. The number of rotatable bonds is 9. The van der Waals surface area contributed by atoms with E-state index >= 15 is 0 Å². The van der Waals surface area contributed by atoms with Gasteiger partial charge in [-0.15, -0.1) is 0 Å². The quantitative estimate of drug-likeness (QED) is 0.339. The van der Waals surface area contributed by atoms with Crippen LogP contribution < -0.4 is 29.9 Å². The molecule has 2 aromatic carbocycles. The molecule has 0 aliphatic carbocycles. The minimum absolute atomic E-state index is 0.00463. The molecule has 0 atom stereocenters. The predicted octanol–water partition coefficient (Wildman–Crippen LogP) is 3.02. The first-order valence-corrected chi connectivity index (χ1v) is 11.1. The molecule has 0 unspecified atom stereocenters. The van der Waals surface area contributed by atoms with Gasteiger partial charge in [0.1, 0.15) is 12.4 Å². The van der Waals surface area contributed by atoms with E-state index in [1.54, 1.807) is 48.9 Å². The van der Waals surface area contributed by atoms with Gasteiger partial charge in [-0.25, -0.2) is 9.47 Å². The van der Waals surface area contributed by atoms with Crippen molar-refractivity contribution in [2.75, 3.05) is 40.9 Å². The number of ether oxygens (including phenoxy) is 5. The van der Waals surface area contributed by atoms with Crippen LogP contribution in [0.3, 0.4) is 0 Å². The van der Waals surface area contributed by atoms with Gasteiger partial charge in [0.05, 0.1) is 45.7 Å². The molecule has 11 heteroatoms. The summed E-state index contributed by atoms with van der Waals surface area (Å²) in [5.41, 5.74) is 3.94. The second-order valence-corrected chi connectivity index (χ2v) is 7.69. The Morgan fingerprint density at radius 1 is 0.973 bits per heavy atom. The number of methoxy groups -OCH3 is 4. The van der Waals surface area contributed by atoms with Gasteiger partial charge in [-0.3, -0.25) is 14.8 Å². The highest BCUT2D eigenvalue weighted by molar-refractivity contribution is 6.07. The standard InChI is InChI=1S/C26H26N4O7/c1-27-30-23(26(32)36-5)22(15-10-20(33-2)24(35-4)21(11-15)34-3)18-7-6-17(12-19(18)25(30)31)37-14-16-13-28-8-9-29-16/h6-13,27H,14H2,1-5H3. The predicted molar refractivity (Wildman–Crippen MR) is 136 cm³/mol. The Bertz CT molecular complexity index is 1480. The summed E-state index contributed by atoms with van der Waals surface area (Å²) >= 11 is 0. The Morgan fingerprint density at radius 2 is 1.70 bits per heavy atom. The lowest BCUT2D eigenvalue weighted by Gasteiger charge is -2.20. The molecule has 1 N–H and O–H groups in total. The van der Waals surface area contributed by atoms with E-state index in [9.17, 15) is 9.59 Å². The molecule has 0 radical (unpaired) electrons. The number of hydrogen-bond donors (Lipinski definition) is 1. The molecular formula is C26H26N4O7. The number of fused-ring (bicyclic) bond motifs is 1. The maximum absolute atomic E-state index is 13.5. The summed E-state index contributed by atoms with van der Waals surface area (Å²) in [6.45, 7) is 0.166. The highest BCUT2D eigenvalue weighted by Crippen LogP contribution is 2.43. The van der Waals surface area contributed by atoms with Crippen LogP contribution in [0.2, 0.25) is 0 Å². The van der Waals surface area contributed by atoms with E-state index in [0.717, 1.165) is 4.68 Å². The highest BCUT2D eigenvalue weighted by atomic mass is 16.5. The first-order chi connectivity index (χ1) is 18.0. The van der Waals surface area contributed by atoms with E-state index in [0.29, 0.717) is 50.6 Å². The van der Waals surface area contributed by atoms with Crippen molar-refractivity contribution in [2.24, 2.45) is 0 Å². The topological polar surface area (TPSA) is 123 Å². The molecule has 4 aromatic rings. The summed E-state index contributed by atoms with van der Waals surface area (Å²) in [5.74, 6) is 0.887. The van der Waals surface area contributed by atoms with Crippen molar-refractivity contribution in [3.05, 3.63) is 70.7 Å². The lowest BCUT2D eigenvalue weighted by molar-refractivity contribution is 0.0590. The number of benzene rings is 2. The van der Waals surface area contributed by atoms with Gasteiger partial charge in [-0.05, 0) is 41.3 Å². The van der Waals surface area contributed by atoms with Gasteiger partial charge in [-0.2, -0.15) is 0 Å². The van der Waals surface area contributed by atoms with Crippen LogP contribution in [-0.4, -0.2) is 56.1 Å². The van der Waals surface area contributed by atoms with Crippen LogP contribution in [0.4, 0.5) is 0 Å². The zero-order valence-corrected chi connectivity index (χ0v) is 21.0. The molecule has 4 rings (SSSR count). The zero-order valence-electron chi connectivity index (χ0n) is 21.0. The van der Waals surface area contributed by atoms with E-state index < -0.39 is 11.5 Å². The summed E-state index contributed by atoms with van der Waals surface area (Å²) in [6.07, 6.45) is 4.74. The molecular weight excluding hydrogens is 480 g/mol. The first kappa shape index (κ1) is 25.3. The van der Waals surface area contributed by atoms with Crippen molar-refractivity contribution in [1.29, 1.82) is 0 Å². The van der Waals surface area contributed by atoms with Crippen molar-refractivity contribution in [3.8, 4) is 34.1 Å². The van der Waals surface area contributed by atoms with Gasteiger partial charge in [0.2, 0.25) is 5.75 Å². The summed E-state index contributed by atoms with van der Waals surface area (Å²) in [4.78, 5) is 34.7. The van der Waals surface area contributed by atoms with E-state index in [1.165, 1.54) is 35.5 Å². The third-order valence-electron chi connectivity index (χ3n) is 5.71.